The molecule has 0 aliphatic carbocycles. The van der Waals surface area contributed by atoms with E-state index in [0.717, 1.165) is 31.7 Å². The van der Waals surface area contributed by atoms with Gasteiger partial charge in [-0.15, -0.1) is 0 Å². The van der Waals surface area contributed by atoms with Crippen LogP contribution < -0.4 is 5.73 Å². The summed E-state index contributed by atoms with van der Waals surface area (Å²) in [4.78, 5) is 0. The van der Waals surface area contributed by atoms with Crippen LogP contribution in [0.4, 0.5) is 8.78 Å². The summed E-state index contributed by atoms with van der Waals surface area (Å²) >= 11 is 0. The van der Waals surface area contributed by atoms with Crippen molar-refractivity contribution >= 4 is 0 Å². The number of nitrogens with two attached hydrogens (primary N) is 1. The Balaban J connectivity index is 2.92. The van der Waals surface area contributed by atoms with Crippen molar-refractivity contribution in [2.75, 3.05) is 6.54 Å². The quantitative estimate of drug-likeness (QED) is 0.767. The Morgan fingerprint density at radius 3 is 2.45 bits per heavy atom. The highest BCUT2D eigenvalue weighted by atomic mass is 19.1. The zero-order valence-electron chi connectivity index (χ0n) is 12.3. The summed E-state index contributed by atoms with van der Waals surface area (Å²) in [6.45, 7) is 4.25. The molecule has 0 aliphatic rings. The predicted octanol–water partition coefficient (Wildman–Crippen LogP) is 3.58. The lowest BCUT2D eigenvalue weighted by molar-refractivity contribution is 0.0732. The minimum Gasteiger partial charge on any atom is -0.392 e. The van der Waals surface area contributed by atoms with Crippen molar-refractivity contribution in [1.82, 2.24) is 0 Å². The summed E-state index contributed by atoms with van der Waals surface area (Å²) in [5, 5.41) is 10.5. The second kappa shape index (κ2) is 8.32. The van der Waals surface area contributed by atoms with Gasteiger partial charge in [-0.25, -0.2) is 8.78 Å². The molecule has 1 rings (SSSR count). The van der Waals surface area contributed by atoms with Gasteiger partial charge in [0.2, 0.25) is 0 Å². The monoisotopic (exact) mass is 285 g/mol. The zero-order chi connectivity index (χ0) is 15.1. The molecule has 0 spiro atoms. The second-order valence-corrected chi connectivity index (χ2v) is 5.31. The second-order valence-electron chi connectivity index (χ2n) is 5.31. The highest BCUT2D eigenvalue weighted by molar-refractivity contribution is 5.24. The lowest BCUT2D eigenvalue weighted by atomic mass is 9.82. The Bertz CT molecular complexity index is 411. The van der Waals surface area contributed by atoms with E-state index in [4.69, 9.17) is 5.73 Å². The van der Waals surface area contributed by atoms with Gasteiger partial charge in [-0.1, -0.05) is 39.2 Å². The fourth-order valence-electron chi connectivity index (χ4n) is 2.66. The first kappa shape index (κ1) is 17.1. The Hall–Kier alpha value is -1.00. The summed E-state index contributed by atoms with van der Waals surface area (Å²) in [5.74, 6) is -1.65. The fourth-order valence-corrected chi connectivity index (χ4v) is 2.66. The summed E-state index contributed by atoms with van der Waals surface area (Å²) in [6.07, 6.45) is 3.10. The van der Waals surface area contributed by atoms with Crippen LogP contribution in [0.1, 0.15) is 51.0 Å². The molecular formula is C16H25F2NO. The van der Waals surface area contributed by atoms with E-state index in [2.05, 4.69) is 6.92 Å². The summed E-state index contributed by atoms with van der Waals surface area (Å²) in [7, 11) is 0. The predicted molar refractivity (Wildman–Crippen MR) is 77.5 cm³/mol. The van der Waals surface area contributed by atoms with E-state index < -0.39 is 23.7 Å². The average molecular weight is 285 g/mol. The van der Waals surface area contributed by atoms with Crippen LogP contribution in [0, 0.1) is 17.6 Å². The van der Waals surface area contributed by atoms with Gasteiger partial charge in [-0.3, -0.25) is 0 Å². The van der Waals surface area contributed by atoms with Gasteiger partial charge in [0.25, 0.3) is 0 Å². The van der Waals surface area contributed by atoms with Crippen LogP contribution in [-0.2, 0) is 0 Å². The third-order valence-electron chi connectivity index (χ3n) is 3.96. The normalized spacial score (nSPS) is 15.9. The molecule has 0 saturated heterocycles. The minimum atomic E-state index is -0.698. The molecule has 0 radical (unpaired) electrons. The largest absolute Gasteiger partial charge is 0.392 e. The summed E-state index contributed by atoms with van der Waals surface area (Å²) in [6, 6.07) is 3.44. The maximum atomic E-state index is 13.9. The number of hydrogen-bond donors (Lipinski definition) is 2. The van der Waals surface area contributed by atoms with E-state index in [0.29, 0.717) is 5.56 Å². The SMILES string of the molecule is CCCCC(CC)C(O)C(CN)c1ccc(F)cc1F. The maximum absolute atomic E-state index is 13.9. The lowest BCUT2D eigenvalue weighted by Gasteiger charge is -2.29. The van der Waals surface area contributed by atoms with Crippen LogP contribution in [0.3, 0.4) is 0 Å². The van der Waals surface area contributed by atoms with E-state index in [1.54, 1.807) is 0 Å². The van der Waals surface area contributed by atoms with Crippen LogP contribution >= 0.6 is 0 Å². The highest BCUT2D eigenvalue weighted by Crippen LogP contribution is 2.30. The van der Waals surface area contributed by atoms with Crippen molar-refractivity contribution in [1.29, 1.82) is 0 Å². The van der Waals surface area contributed by atoms with E-state index in [9.17, 15) is 13.9 Å². The van der Waals surface area contributed by atoms with Gasteiger partial charge in [0, 0.05) is 18.5 Å². The molecule has 1 aromatic rings. The van der Waals surface area contributed by atoms with E-state index >= 15 is 0 Å². The molecule has 4 heteroatoms. The molecule has 3 N–H and O–H groups in total. The molecule has 0 bridgehead atoms. The van der Waals surface area contributed by atoms with Gasteiger partial charge in [0.15, 0.2) is 0 Å². The number of hydrogen-bond acceptors (Lipinski definition) is 2. The number of halogens is 2. The van der Waals surface area contributed by atoms with Gasteiger partial charge < -0.3 is 10.8 Å². The number of benzene rings is 1. The van der Waals surface area contributed by atoms with Crippen molar-refractivity contribution in [3.05, 3.63) is 35.4 Å². The standard InChI is InChI=1S/C16H25F2NO/c1-3-5-6-11(4-2)16(20)14(10-19)13-8-7-12(17)9-15(13)18/h7-9,11,14,16,20H,3-6,10,19H2,1-2H3. The Labute approximate surface area is 120 Å². The Kier molecular flexibility index (Phi) is 7.10. The number of aliphatic hydroxyl groups excluding tert-OH is 1. The van der Waals surface area contributed by atoms with Crippen molar-refractivity contribution in [2.45, 2.75) is 51.6 Å². The molecule has 0 fully saturated rings. The number of aliphatic hydroxyl groups is 1. The van der Waals surface area contributed by atoms with Crippen molar-refractivity contribution in [2.24, 2.45) is 11.7 Å². The van der Waals surface area contributed by atoms with Crippen LogP contribution in [0.25, 0.3) is 0 Å². The van der Waals surface area contributed by atoms with E-state index in [-0.39, 0.29) is 12.5 Å². The number of rotatable bonds is 8. The fraction of sp³-hybridized carbons (Fsp3) is 0.625. The van der Waals surface area contributed by atoms with Crippen LogP contribution in [0.2, 0.25) is 0 Å². The van der Waals surface area contributed by atoms with Crippen molar-refractivity contribution in [3.63, 3.8) is 0 Å². The topological polar surface area (TPSA) is 46.2 Å². The van der Waals surface area contributed by atoms with Crippen molar-refractivity contribution in [3.8, 4) is 0 Å². The van der Waals surface area contributed by atoms with Gasteiger partial charge in [0.05, 0.1) is 6.10 Å². The van der Waals surface area contributed by atoms with Crippen LogP contribution in [-0.4, -0.2) is 17.8 Å². The Morgan fingerprint density at radius 1 is 1.25 bits per heavy atom. The van der Waals surface area contributed by atoms with Gasteiger partial charge in [-0.05, 0) is 24.0 Å². The van der Waals surface area contributed by atoms with Gasteiger partial charge >= 0.3 is 0 Å². The third-order valence-corrected chi connectivity index (χ3v) is 3.96. The smallest absolute Gasteiger partial charge is 0.129 e. The molecule has 0 aromatic heterocycles. The van der Waals surface area contributed by atoms with E-state index in [1.807, 2.05) is 6.92 Å². The first-order chi connectivity index (χ1) is 9.54. The molecule has 0 aliphatic heterocycles. The van der Waals surface area contributed by atoms with Gasteiger partial charge in [0.1, 0.15) is 11.6 Å². The zero-order valence-corrected chi connectivity index (χ0v) is 12.3. The summed E-state index contributed by atoms with van der Waals surface area (Å²) in [5.41, 5.74) is 6.02. The van der Waals surface area contributed by atoms with Crippen molar-refractivity contribution < 1.29 is 13.9 Å². The third kappa shape index (κ3) is 4.25. The molecule has 3 atom stereocenters. The lowest BCUT2D eigenvalue weighted by Crippen LogP contribution is -2.33. The maximum Gasteiger partial charge on any atom is 0.129 e. The van der Waals surface area contributed by atoms with E-state index in [1.165, 1.54) is 12.1 Å². The molecule has 2 nitrogen and oxygen atoms in total. The minimum absolute atomic E-state index is 0.0907. The highest BCUT2D eigenvalue weighted by Gasteiger charge is 2.28. The first-order valence-electron chi connectivity index (χ1n) is 7.38. The van der Waals surface area contributed by atoms with Gasteiger partial charge in [-0.2, -0.15) is 0 Å². The molecular weight excluding hydrogens is 260 g/mol. The van der Waals surface area contributed by atoms with Crippen LogP contribution in [0.15, 0.2) is 18.2 Å². The molecule has 114 valence electrons. The molecule has 0 amide bonds. The first-order valence-corrected chi connectivity index (χ1v) is 7.38. The Morgan fingerprint density at radius 2 is 1.95 bits per heavy atom. The number of unbranched alkanes of at least 4 members (excludes halogenated alkanes) is 1. The van der Waals surface area contributed by atoms with Crippen LogP contribution in [0.5, 0.6) is 0 Å². The molecule has 0 saturated carbocycles. The molecule has 20 heavy (non-hydrogen) atoms. The molecule has 1 aromatic carbocycles. The summed E-state index contributed by atoms with van der Waals surface area (Å²) < 4.78 is 26.8. The molecule has 3 unspecified atom stereocenters. The molecule has 0 heterocycles. The average Bonchev–Trinajstić information content (AvgIpc) is 2.42.